The van der Waals surface area contributed by atoms with Gasteiger partial charge in [0.25, 0.3) is 0 Å². The summed E-state index contributed by atoms with van der Waals surface area (Å²) in [4.78, 5) is 0. The van der Waals surface area contributed by atoms with Gasteiger partial charge in [0.15, 0.2) is 0 Å². The lowest BCUT2D eigenvalue weighted by Gasteiger charge is -2.24. The third kappa shape index (κ3) is 3.39. The summed E-state index contributed by atoms with van der Waals surface area (Å²) in [6.07, 6.45) is 4.16. The summed E-state index contributed by atoms with van der Waals surface area (Å²) in [7, 11) is 0. The summed E-state index contributed by atoms with van der Waals surface area (Å²) in [5.74, 6) is 0.352. The maximum atomic E-state index is 10.3. The normalized spacial score (nSPS) is 19.3. The van der Waals surface area contributed by atoms with Gasteiger partial charge in [-0.1, -0.05) is 36.6 Å². The molecule has 18 heavy (non-hydrogen) atoms. The van der Waals surface area contributed by atoms with Gasteiger partial charge in [0.2, 0.25) is 0 Å². The molecule has 102 valence electrons. The van der Waals surface area contributed by atoms with E-state index in [1.165, 1.54) is 12.8 Å². The molecule has 2 nitrogen and oxygen atoms in total. The molecule has 3 N–H and O–H groups in total. The first-order valence-electron chi connectivity index (χ1n) is 6.29. The SMILES string of the molecule is Cc1ccc([C@H](N)[C@H](O)C2CCCC2)cc1Cl.Cl. The molecule has 1 aliphatic carbocycles. The molecule has 0 aromatic heterocycles. The van der Waals surface area contributed by atoms with Crippen molar-refractivity contribution in [3.05, 3.63) is 34.3 Å². The van der Waals surface area contributed by atoms with Crippen LogP contribution in [0.4, 0.5) is 0 Å². The average Bonchev–Trinajstić information content (AvgIpc) is 2.84. The van der Waals surface area contributed by atoms with Crippen LogP contribution in [0.25, 0.3) is 0 Å². The molecule has 0 saturated heterocycles. The van der Waals surface area contributed by atoms with Crippen molar-refractivity contribution in [1.29, 1.82) is 0 Å². The minimum Gasteiger partial charge on any atom is -0.391 e. The van der Waals surface area contributed by atoms with Crippen LogP contribution >= 0.6 is 24.0 Å². The lowest BCUT2D eigenvalue weighted by molar-refractivity contribution is 0.0845. The molecule has 0 bridgehead atoms. The molecule has 0 amide bonds. The van der Waals surface area contributed by atoms with Gasteiger partial charge >= 0.3 is 0 Å². The van der Waals surface area contributed by atoms with E-state index >= 15 is 0 Å². The van der Waals surface area contributed by atoms with Gasteiger partial charge in [-0.2, -0.15) is 0 Å². The number of rotatable bonds is 3. The minimum absolute atomic E-state index is 0. The molecular formula is C14H21Cl2NO. The third-order valence-corrected chi connectivity index (χ3v) is 4.24. The van der Waals surface area contributed by atoms with Crippen molar-refractivity contribution in [1.82, 2.24) is 0 Å². The summed E-state index contributed by atoms with van der Waals surface area (Å²) in [6.45, 7) is 1.96. The van der Waals surface area contributed by atoms with Crippen molar-refractivity contribution in [3.8, 4) is 0 Å². The monoisotopic (exact) mass is 289 g/mol. The molecule has 0 spiro atoms. The van der Waals surface area contributed by atoms with E-state index in [-0.39, 0.29) is 18.4 Å². The van der Waals surface area contributed by atoms with Crippen molar-refractivity contribution in [3.63, 3.8) is 0 Å². The zero-order valence-electron chi connectivity index (χ0n) is 10.6. The van der Waals surface area contributed by atoms with Crippen LogP contribution in [0.5, 0.6) is 0 Å². The summed E-state index contributed by atoms with van der Waals surface area (Å²) >= 11 is 6.09. The van der Waals surface area contributed by atoms with E-state index in [2.05, 4.69) is 0 Å². The predicted octanol–water partition coefficient (Wildman–Crippen LogP) is 3.62. The highest BCUT2D eigenvalue weighted by Gasteiger charge is 2.28. The maximum absolute atomic E-state index is 10.3. The van der Waals surface area contributed by atoms with Crippen molar-refractivity contribution < 1.29 is 5.11 Å². The Kier molecular flexibility index (Phi) is 5.93. The lowest BCUT2D eigenvalue weighted by atomic mass is 9.90. The van der Waals surface area contributed by atoms with Gasteiger partial charge in [-0.05, 0) is 42.9 Å². The van der Waals surface area contributed by atoms with Gasteiger partial charge < -0.3 is 10.8 Å². The van der Waals surface area contributed by atoms with E-state index in [0.29, 0.717) is 5.92 Å². The Morgan fingerprint density at radius 1 is 1.33 bits per heavy atom. The van der Waals surface area contributed by atoms with Gasteiger partial charge in [0, 0.05) is 5.02 Å². The number of nitrogens with two attached hydrogens (primary N) is 1. The summed E-state index contributed by atoms with van der Waals surface area (Å²) in [5.41, 5.74) is 8.10. The van der Waals surface area contributed by atoms with Crippen LogP contribution in [0.3, 0.4) is 0 Å². The topological polar surface area (TPSA) is 46.2 Å². The Bertz CT molecular complexity index is 391. The van der Waals surface area contributed by atoms with Gasteiger partial charge in [0.1, 0.15) is 0 Å². The zero-order valence-corrected chi connectivity index (χ0v) is 12.2. The standard InChI is InChI=1S/C14H20ClNO.ClH/c1-9-6-7-11(8-12(9)15)13(16)14(17)10-4-2-3-5-10;/h6-8,10,13-14,17H,2-5,16H2,1H3;1H/t13-,14+;/m0./s1. The molecule has 1 saturated carbocycles. The van der Waals surface area contributed by atoms with E-state index < -0.39 is 6.10 Å². The smallest absolute Gasteiger partial charge is 0.0760 e. The van der Waals surface area contributed by atoms with Crippen LogP contribution < -0.4 is 5.73 Å². The number of hydrogen-bond donors (Lipinski definition) is 2. The van der Waals surface area contributed by atoms with E-state index in [4.69, 9.17) is 17.3 Å². The Labute approximate surface area is 120 Å². The van der Waals surface area contributed by atoms with Crippen molar-refractivity contribution in [2.24, 2.45) is 11.7 Å². The van der Waals surface area contributed by atoms with Crippen molar-refractivity contribution >= 4 is 24.0 Å². The number of aryl methyl sites for hydroxylation is 1. The summed E-state index contributed by atoms with van der Waals surface area (Å²) in [5, 5.41) is 11.0. The van der Waals surface area contributed by atoms with Gasteiger partial charge in [-0.15, -0.1) is 12.4 Å². The van der Waals surface area contributed by atoms with Crippen LogP contribution in [0.15, 0.2) is 18.2 Å². The van der Waals surface area contributed by atoms with E-state index in [1.54, 1.807) is 0 Å². The Morgan fingerprint density at radius 3 is 2.50 bits per heavy atom. The molecule has 1 aliphatic rings. The Balaban J connectivity index is 0.00000162. The number of hydrogen-bond acceptors (Lipinski definition) is 2. The highest BCUT2D eigenvalue weighted by molar-refractivity contribution is 6.31. The Hall–Kier alpha value is -0.280. The van der Waals surface area contributed by atoms with Gasteiger partial charge in [0.05, 0.1) is 12.1 Å². The lowest BCUT2D eigenvalue weighted by Crippen LogP contribution is -2.31. The second-order valence-electron chi connectivity index (χ2n) is 5.07. The predicted molar refractivity (Wildman–Crippen MR) is 78.3 cm³/mol. The second-order valence-corrected chi connectivity index (χ2v) is 5.48. The summed E-state index contributed by atoms with van der Waals surface area (Å²) in [6, 6.07) is 5.47. The largest absolute Gasteiger partial charge is 0.391 e. The molecule has 2 atom stereocenters. The molecule has 0 aliphatic heterocycles. The van der Waals surface area contributed by atoms with Crippen LogP contribution in [0, 0.1) is 12.8 Å². The molecule has 4 heteroatoms. The van der Waals surface area contributed by atoms with Crippen LogP contribution in [0.2, 0.25) is 5.02 Å². The van der Waals surface area contributed by atoms with Crippen LogP contribution in [-0.2, 0) is 0 Å². The molecule has 1 fully saturated rings. The molecular weight excluding hydrogens is 269 g/mol. The fourth-order valence-corrected chi connectivity index (χ4v) is 2.79. The number of benzene rings is 1. The number of halogens is 2. The van der Waals surface area contributed by atoms with Gasteiger partial charge in [-0.25, -0.2) is 0 Å². The van der Waals surface area contributed by atoms with Crippen molar-refractivity contribution in [2.75, 3.05) is 0 Å². The molecule has 0 radical (unpaired) electrons. The minimum atomic E-state index is -0.448. The highest BCUT2D eigenvalue weighted by Crippen LogP contribution is 2.33. The Morgan fingerprint density at radius 2 is 1.94 bits per heavy atom. The van der Waals surface area contributed by atoms with E-state index in [0.717, 1.165) is 29.0 Å². The quantitative estimate of drug-likeness (QED) is 0.893. The molecule has 1 aromatic carbocycles. The van der Waals surface area contributed by atoms with E-state index in [9.17, 15) is 5.11 Å². The van der Waals surface area contributed by atoms with Crippen molar-refractivity contribution in [2.45, 2.75) is 44.8 Å². The second kappa shape index (κ2) is 6.76. The number of aliphatic hydroxyl groups is 1. The first-order chi connectivity index (χ1) is 8.09. The molecule has 0 unspecified atom stereocenters. The fraction of sp³-hybridized carbons (Fsp3) is 0.571. The molecule has 1 aromatic rings. The fourth-order valence-electron chi connectivity index (χ4n) is 2.61. The van der Waals surface area contributed by atoms with Gasteiger partial charge in [-0.3, -0.25) is 0 Å². The van der Waals surface area contributed by atoms with E-state index in [1.807, 2.05) is 25.1 Å². The first kappa shape index (κ1) is 15.8. The highest BCUT2D eigenvalue weighted by atomic mass is 35.5. The molecule has 0 heterocycles. The first-order valence-corrected chi connectivity index (χ1v) is 6.67. The zero-order chi connectivity index (χ0) is 12.4. The maximum Gasteiger partial charge on any atom is 0.0760 e. The third-order valence-electron chi connectivity index (χ3n) is 3.83. The average molecular weight is 290 g/mol. The number of aliphatic hydroxyl groups excluding tert-OH is 1. The summed E-state index contributed by atoms with van der Waals surface area (Å²) < 4.78 is 0. The van der Waals surface area contributed by atoms with Crippen LogP contribution in [0.1, 0.15) is 42.9 Å². The molecule has 2 rings (SSSR count). The van der Waals surface area contributed by atoms with Crippen LogP contribution in [-0.4, -0.2) is 11.2 Å².